The second kappa shape index (κ2) is 9.13. The Labute approximate surface area is 190 Å². The summed E-state index contributed by atoms with van der Waals surface area (Å²) in [6.45, 7) is 1.03. The molecule has 8 nitrogen and oxygen atoms in total. The van der Waals surface area contributed by atoms with Crippen LogP contribution < -0.4 is 10.5 Å². The maximum absolute atomic E-state index is 15.2. The number of rotatable bonds is 6. The Kier molecular flexibility index (Phi) is 5.89. The highest BCUT2D eigenvalue weighted by Crippen LogP contribution is 2.36. The quantitative estimate of drug-likeness (QED) is 0.471. The maximum Gasteiger partial charge on any atom is 0.153 e. The van der Waals surface area contributed by atoms with Gasteiger partial charge in [0.05, 0.1) is 19.3 Å². The summed E-state index contributed by atoms with van der Waals surface area (Å²) in [5.41, 5.74) is 7.34. The van der Waals surface area contributed by atoms with E-state index >= 15 is 4.39 Å². The largest absolute Gasteiger partial charge is 0.457 e. The molecule has 1 aliphatic rings. The number of nitrogen functional groups attached to an aromatic ring is 1. The fourth-order valence-corrected chi connectivity index (χ4v) is 4.13. The van der Waals surface area contributed by atoms with E-state index in [9.17, 15) is 0 Å². The molecule has 9 heteroatoms. The SMILES string of the molecule is COC[C@@H]1CC[C@@H](c2nc(-c3ccc(Oc4ccccc4)cc3F)c3c(N)ncnn23)CO1. The van der Waals surface area contributed by atoms with Crippen molar-refractivity contribution in [1.29, 1.82) is 0 Å². The Morgan fingerprint density at radius 2 is 2.00 bits per heavy atom. The molecule has 5 rings (SSSR count). The molecule has 0 spiro atoms. The molecule has 3 heterocycles. The topological polar surface area (TPSA) is 96.8 Å². The third kappa shape index (κ3) is 4.24. The second-order valence-corrected chi connectivity index (χ2v) is 7.97. The predicted molar refractivity (Wildman–Crippen MR) is 121 cm³/mol. The monoisotopic (exact) mass is 449 g/mol. The molecule has 0 bridgehead atoms. The van der Waals surface area contributed by atoms with Crippen molar-refractivity contribution in [1.82, 2.24) is 19.6 Å². The molecule has 2 aromatic heterocycles. The zero-order valence-electron chi connectivity index (χ0n) is 18.1. The van der Waals surface area contributed by atoms with E-state index in [4.69, 9.17) is 24.9 Å². The molecular weight excluding hydrogens is 425 g/mol. The number of methoxy groups -OCH3 is 1. The highest BCUT2D eigenvalue weighted by atomic mass is 19.1. The number of fused-ring (bicyclic) bond motifs is 1. The molecule has 170 valence electrons. The normalized spacial score (nSPS) is 18.5. The van der Waals surface area contributed by atoms with E-state index in [0.29, 0.717) is 47.3 Å². The number of hydrogen-bond donors (Lipinski definition) is 1. The number of nitrogens with two attached hydrogens (primary N) is 1. The van der Waals surface area contributed by atoms with Gasteiger partial charge in [0.25, 0.3) is 0 Å². The summed E-state index contributed by atoms with van der Waals surface area (Å²) in [7, 11) is 1.66. The van der Waals surface area contributed by atoms with Gasteiger partial charge in [-0.25, -0.2) is 18.9 Å². The van der Waals surface area contributed by atoms with Crippen LogP contribution in [0, 0.1) is 5.82 Å². The van der Waals surface area contributed by atoms with Crippen LogP contribution in [0.4, 0.5) is 10.2 Å². The van der Waals surface area contributed by atoms with E-state index in [0.717, 1.165) is 12.8 Å². The van der Waals surface area contributed by atoms with Gasteiger partial charge >= 0.3 is 0 Å². The van der Waals surface area contributed by atoms with Crippen molar-refractivity contribution in [2.45, 2.75) is 24.9 Å². The Bertz CT molecular complexity index is 1260. The van der Waals surface area contributed by atoms with Crippen LogP contribution >= 0.6 is 0 Å². The van der Waals surface area contributed by atoms with Crippen LogP contribution in [0.15, 0.2) is 54.9 Å². The molecule has 0 saturated carbocycles. The van der Waals surface area contributed by atoms with Gasteiger partial charge in [-0.1, -0.05) is 18.2 Å². The minimum absolute atomic E-state index is 0.00240. The summed E-state index contributed by atoms with van der Waals surface area (Å²) in [6.07, 6.45) is 3.12. The van der Waals surface area contributed by atoms with Crippen molar-refractivity contribution in [2.75, 3.05) is 26.1 Å². The lowest BCUT2D eigenvalue weighted by atomic mass is 9.98. The Balaban J connectivity index is 1.50. The summed E-state index contributed by atoms with van der Waals surface area (Å²) in [5.74, 6) is 1.45. The Morgan fingerprint density at radius 1 is 1.15 bits per heavy atom. The average molecular weight is 449 g/mol. The van der Waals surface area contributed by atoms with Crippen molar-refractivity contribution < 1.29 is 18.6 Å². The van der Waals surface area contributed by atoms with Gasteiger partial charge in [-0.05, 0) is 37.1 Å². The third-order valence-corrected chi connectivity index (χ3v) is 5.75. The number of para-hydroxylation sites is 1. The number of ether oxygens (including phenoxy) is 3. The highest BCUT2D eigenvalue weighted by molar-refractivity contribution is 5.85. The minimum Gasteiger partial charge on any atom is -0.457 e. The smallest absolute Gasteiger partial charge is 0.153 e. The van der Waals surface area contributed by atoms with E-state index in [1.54, 1.807) is 23.8 Å². The molecule has 1 aliphatic heterocycles. The lowest BCUT2D eigenvalue weighted by Crippen LogP contribution is -2.29. The van der Waals surface area contributed by atoms with Crippen LogP contribution in [0.25, 0.3) is 16.8 Å². The first-order valence-electron chi connectivity index (χ1n) is 10.8. The van der Waals surface area contributed by atoms with Gasteiger partial charge in [0.2, 0.25) is 0 Å². The Morgan fingerprint density at radius 3 is 2.73 bits per heavy atom. The zero-order chi connectivity index (χ0) is 22.8. The van der Waals surface area contributed by atoms with Crippen LogP contribution in [0.5, 0.6) is 11.5 Å². The van der Waals surface area contributed by atoms with E-state index in [-0.39, 0.29) is 17.8 Å². The van der Waals surface area contributed by atoms with Crippen molar-refractivity contribution in [3.63, 3.8) is 0 Å². The number of imidazole rings is 1. The van der Waals surface area contributed by atoms with Crippen molar-refractivity contribution in [2.24, 2.45) is 0 Å². The van der Waals surface area contributed by atoms with Gasteiger partial charge in [0.15, 0.2) is 5.82 Å². The average Bonchev–Trinajstić information content (AvgIpc) is 3.21. The molecule has 1 fully saturated rings. The highest BCUT2D eigenvalue weighted by Gasteiger charge is 2.29. The molecule has 4 aromatic rings. The summed E-state index contributed by atoms with van der Waals surface area (Å²) >= 11 is 0. The van der Waals surface area contributed by atoms with Crippen LogP contribution in [0.3, 0.4) is 0 Å². The molecule has 33 heavy (non-hydrogen) atoms. The summed E-state index contributed by atoms with van der Waals surface area (Å²) in [4.78, 5) is 8.88. The molecule has 0 unspecified atom stereocenters. The number of nitrogens with zero attached hydrogens (tertiary/aromatic N) is 4. The van der Waals surface area contributed by atoms with Crippen LogP contribution in [0.1, 0.15) is 24.6 Å². The molecule has 0 aliphatic carbocycles. The van der Waals surface area contributed by atoms with E-state index in [1.807, 2.05) is 30.3 Å². The number of hydrogen-bond acceptors (Lipinski definition) is 7. The minimum atomic E-state index is -0.474. The first-order valence-corrected chi connectivity index (χ1v) is 10.8. The molecule has 0 amide bonds. The van der Waals surface area contributed by atoms with E-state index in [1.165, 1.54) is 12.4 Å². The second-order valence-electron chi connectivity index (χ2n) is 7.97. The number of anilines is 1. The first-order chi connectivity index (χ1) is 16.1. The lowest BCUT2D eigenvalue weighted by Gasteiger charge is -2.27. The number of benzene rings is 2. The summed E-state index contributed by atoms with van der Waals surface area (Å²) in [5, 5.41) is 4.36. The summed E-state index contributed by atoms with van der Waals surface area (Å²) < 4.78 is 33.8. The van der Waals surface area contributed by atoms with Crippen molar-refractivity contribution in [3.05, 3.63) is 66.5 Å². The maximum atomic E-state index is 15.2. The summed E-state index contributed by atoms with van der Waals surface area (Å²) in [6, 6.07) is 13.9. The van der Waals surface area contributed by atoms with Gasteiger partial charge in [-0.2, -0.15) is 5.10 Å². The standard InChI is InChI=1S/C24H24FN5O3/c1-31-13-18-8-7-15(12-32-18)24-29-21(22-23(26)27-14-28-30(22)24)19-10-9-17(11-20(19)25)33-16-5-3-2-4-6-16/h2-6,9-11,14-15,18H,7-8,12-13H2,1H3,(H2,26,27,28)/t15-,18+/m1/s1. The molecule has 2 aromatic carbocycles. The van der Waals surface area contributed by atoms with Gasteiger partial charge in [-0.3, -0.25) is 0 Å². The zero-order valence-corrected chi connectivity index (χ0v) is 18.1. The molecule has 2 N–H and O–H groups in total. The lowest BCUT2D eigenvalue weighted by molar-refractivity contribution is -0.0389. The molecule has 0 radical (unpaired) electrons. The molecular formula is C24H24FN5O3. The van der Waals surface area contributed by atoms with Gasteiger partial charge < -0.3 is 19.9 Å². The van der Waals surface area contributed by atoms with Crippen molar-refractivity contribution >= 4 is 11.3 Å². The van der Waals surface area contributed by atoms with Crippen LogP contribution in [0.2, 0.25) is 0 Å². The fourth-order valence-electron chi connectivity index (χ4n) is 4.13. The van der Waals surface area contributed by atoms with Gasteiger partial charge in [0.1, 0.15) is 40.7 Å². The molecule has 1 saturated heterocycles. The van der Waals surface area contributed by atoms with Crippen LogP contribution in [-0.4, -0.2) is 46.0 Å². The molecule has 2 atom stereocenters. The van der Waals surface area contributed by atoms with Gasteiger partial charge in [0, 0.05) is 24.7 Å². The number of halogens is 1. The Hall–Kier alpha value is -3.56. The van der Waals surface area contributed by atoms with Crippen molar-refractivity contribution in [3.8, 4) is 22.8 Å². The fraction of sp³-hybridized carbons (Fsp3) is 0.292. The first kappa shape index (κ1) is 21.3. The van der Waals surface area contributed by atoms with Gasteiger partial charge in [-0.15, -0.1) is 0 Å². The number of aromatic nitrogens is 4. The van der Waals surface area contributed by atoms with E-state index in [2.05, 4.69) is 10.1 Å². The van der Waals surface area contributed by atoms with Crippen LogP contribution in [-0.2, 0) is 9.47 Å². The predicted octanol–water partition coefficient (Wildman–Crippen LogP) is 4.21. The van der Waals surface area contributed by atoms with E-state index < -0.39 is 5.82 Å². The third-order valence-electron chi connectivity index (χ3n) is 5.75.